The fraction of sp³-hybridized carbons (Fsp3) is 0.417. The number of likely N-dealkylation sites (tertiary alicyclic amines) is 1. The topological polar surface area (TPSA) is 121 Å². The molecule has 3 amide bonds. The number of hydrogen-bond donors (Lipinski definition) is 4. The molecule has 2 aliphatic rings. The predicted molar refractivity (Wildman–Crippen MR) is 176 cm³/mol. The summed E-state index contributed by atoms with van der Waals surface area (Å²) in [6.45, 7) is 4.37. The number of benzene rings is 3. The number of rotatable bonds is 15. The Morgan fingerprint density at radius 3 is 2.34 bits per heavy atom. The molecule has 1 unspecified atom stereocenters. The fourth-order valence-electron chi connectivity index (χ4n) is 5.99. The van der Waals surface area contributed by atoms with Crippen LogP contribution < -0.4 is 26.0 Å². The highest BCUT2D eigenvalue weighted by molar-refractivity contribution is 5.98. The third kappa shape index (κ3) is 8.73. The molecule has 0 aromatic heterocycles. The summed E-state index contributed by atoms with van der Waals surface area (Å²) in [4.78, 5) is 42.9. The average molecular weight is 646 g/mol. The molecule has 0 saturated carbocycles. The molecule has 0 aliphatic carbocycles. The minimum absolute atomic E-state index is 0.0375. The molecule has 2 fully saturated rings. The van der Waals surface area contributed by atoms with Gasteiger partial charge in [0.25, 0.3) is 5.91 Å². The van der Waals surface area contributed by atoms with Crippen molar-refractivity contribution >= 4 is 17.7 Å². The van der Waals surface area contributed by atoms with E-state index in [1.54, 1.807) is 48.4 Å². The van der Waals surface area contributed by atoms with Crippen LogP contribution in [0.4, 0.5) is 4.39 Å². The molecule has 0 radical (unpaired) electrons. The summed E-state index contributed by atoms with van der Waals surface area (Å²) in [6, 6.07) is 20.4. The molecule has 2 aliphatic heterocycles. The monoisotopic (exact) mass is 645 g/mol. The molecule has 3 atom stereocenters. The van der Waals surface area contributed by atoms with Crippen LogP contribution in [0.25, 0.3) is 0 Å². The van der Waals surface area contributed by atoms with Crippen LogP contribution in [0.3, 0.4) is 0 Å². The van der Waals surface area contributed by atoms with E-state index in [1.165, 1.54) is 12.1 Å². The van der Waals surface area contributed by atoms with Crippen LogP contribution in [0.2, 0.25) is 0 Å². The quantitative estimate of drug-likeness (QED) is 0.188. The number of carbonyl (C=O) groups excluding carboxylic acids is 3. The van der Waals surface area contributed by atoms with Crippen molar-refractivity contribution in [2.45, 2.75) is 56.3 Å². The molecule has 2 saturated heterocycles. The van der Waals surface area contributed by atoms with Gasteiger partial charge in [0.05, 0.1) is 20.2 Å². The van der Waals surface area contributed by atoms with E-state index in [-0.39, 0.29) is 43.2 Å². The third-order valence-electron chi connectivity index (χ3n) is 8.75. The fourth-order valence-corrected chi connectivity index (χ4v) is 5.99. The van der Waals surface area contributed by atoms with Crippen molar-refractivity contribution in [3.8, 4) is 5.75 Å². The number of nitrogens with one attached hydrogen (secondary N) is 4. The lowest BCUT2D eigenvalue weighted by atomic mass is 9.84. The lowest BCUT2D eigenvalue weighted by Crippen LogP contribution is -2.66. The molecule has 11 heteroatoms. The van der Waals surface area contributed by atoms with Crippen LogP contribution in [-0.4, -0.2) is 80.8 Å². The predicted octanol–water partition coefficient (Wildman–Crippen LogP) is 3.12. The highest BCUT2D eigenvalue weighted by Crippen LogP contribution is 2.37. The minimum Gasteiger partial charge on any atom is -0.497 e. The number of nitrogens with zero attached hydrogens (tertiary/aromatic N) is 1. The van der Waals surface area contributed by atoms with E-state index in [2.05, 4.69) is 28.2 Å². The number of unbranched alkanes of at least 4 members (excludes halogenated alkanes) is 1. The summed E-state index contributed by atoms with van der Waals surface area (Å²) in [5.74, 6) is -0.743. The van der Waals surface area contributed by atoms with Gasteiger partial charge in [-0.2, -0.15) is 0 Å². The second-order valence-corrected chi connectivity index (χ2v) is 12.2. The summed E-state index contributed by atoms with van der Waals surface area (Å²) in [5.41, 5.74) is 1.31. The SMILES string of the molecule is CCCCOC1(c2ccc(F)cc2)CN(C(=O)[C@H](Cc2ccc(OC)cc2)NC(=O)[C@H](CC2CNCN2)NC(=O)c2ccccc2)C1. The molecule has 250 valence electrons. The van der Waals surface area contributed by atoms with E-state index < -0.39 is 23.6 Å². The average Bonchev–Trinajstić information content (AvgIpc) is 3.59. The van der Waals surface area contributed by atoms with Gasteiger partial charge in [-0.15, -0.1) is 0 Å². The van der Waals surface area contributed by atoms with Crippen LogP contribution in [0.15, 0.2) is 78.9 Å². The van der Waals surface area contributed by atoms with Crippen LogP contribution in [0.1, 0.15) is 47.7 Å². The second kappa shape index (κ2) is 16.0. The molecule has 47 heavy (non-hydrogen) atoms. The maximum atomic E-state index is 14.2. The zero-order valence-corrected chi connectivity index (χ0v) is 27.0. The van der Waals surface area contributed by atoms with Gasteiger partial charge >= 0.3 is 0 Å². The van der Waals surface area contributed by atoms with E-state index in [1.807, 2.05) is 30.3 Å². The van der Waals surface area contributed by atoms with Gasteiger partial charge in [-0.25, -0.2) is 4.39 Å². The Bertz CT molecular complexity index is 1480. The summed E-state index contributed by atoms with van der Waals surface area (Å²) in [6.07, 6.45) is 2.37. The van der Waals surface area contributed by atoms with E-state index in [4.69, 9.17) is 9.47 Å². The smallest absolute Gasteiger partial charge is 0.251 e. The molecular weight excluding hydrogens is 601 g/mol. The number of halogens is 1. The molecule has 0 bridgehead atoms. The van der Waals surface area contributed by atoms with Crippen molar-refractivity contribution in [2.24, 2.45) is 0 Å². The number of hydrogen-bond acceptors (Lipinski definition) is 7. The zero-order valence-electron chi connectivity index (χ0n) is 27.0. The van der Waals surface area contributed by atoms with Crippen molar-refractivity contribution in [2.75, 3.05) is 40.0 Å². The van der Waals surface area contributed by atoms with Crippen LogP contribution >= 0.6 is 0 Å². The summed E-state index contributed by atoms with van der Waals surface area (Å²) < 4.78 is 25.4. The number of ether oxygens (including phenoxy) is 2. The van der Waals surface area contributed by atoms with Crippen LogP contribution in [0, 0.1) is 5.82 Å². The lowest BCUT2D eigenvalue weighted by Gasteiger charge is -2.51. The maximum absolute atomic E-state index is 14.2. The third-order valence-corrected chi connectivity index (χ3v) is 8.75. The van der Waals surface area contributed by atoms with E-state index in [0.29, 0.717) is 37.6 Å². The van der Waals surface area contributed by atoms with Gasteiger partial charge in [0, 0.05) is 37.8 Å². The van der Waals surface area contributed by atoms with Crippen molar-refractivity contribution in [1.29, 1.82) is 0 Å². The Morgan fingerprint density at radius 2 is 1.70 bits per heavy atom. The van der Waals surface area contributed by atoms with E-state index in [9.17, 15) is 18.8 Å². The Kier molecular flexibility index (Phi) is 11.6. The molecule has 2 heterocycles. The first-order valence-electron chi connectivity index (χ1n) is 16.2. The highest BCUT2D eigenvalue weighted by Gasteiger charge is 2.49. The lowest BCUT2D eigenvalue weighted by molar-refractivity contribution is -0.175. The molecule has 3 aromatic rings. The van der Waals surface area contributed by atoms with Crippen molar-refractivity contribution in [1.82, 2.24) is 26.2 Å². The van der Waals surface area contributed by atoms with Crippen molar-refractivity contribution in [3.05, 3.63) is 101 Å². The van der Waals surface area contributed by atoms with Gasteiger partial charge in [0.2, 0.25) is 11.8 Å². The Hall–Kier alpha value is -4.32. The first-order valence-corrected chi connectivity index (χ1v) is 16.2. The van der Waals surface area contributed by atoms with E-state index in [0.717, 1.165) is 24.0 Å². The number of amides is 3. The second-order valence-electron chi connectivity index (χ2n) is 12.2. The Balaban J connectivity index is 1.36. The molecule has 4 N–H and O–H groups in total. The molecule has 5 rings (SSSR count). The van der Waals surface area contributed by atoms with Crippen LogP contribution in [-0.2, 0) is 26.3 Å². The molecule has 10 nitrogen and oxygen atoms in total. The standard InChI is InChI=1S/C36H44FN5O5/c1-3-4-18-47-36(27-12-14-28(37)15-13-27)22-42(23-36)35(45)32(19-25-10-16-30(46-2)17-11-25)41-34(44)31(20-29-21-38-24-39-29)40-33(43)26-8-6-5-7-9-26/h5-17,29,31-32,38-39H,3-4,18-24H2,1-2H3,(H,40,43)(H,41,44)/t29?,31-,32-/m0/s1. The highest BCUT2D eigenvalue weighted by atomic mass is 19.1. The maximum Gasteiger partial charge on any atom is 0.251 e. The summed E-state index contributed by atoms with van der Waals surface area (Å²) in [7, 11) is 1.58. The van der Waals surface area contributed by atoms with Gasteiger partial charge < -0.3 is 35.6 Å². The first-order chi connectivity index (χ1) is 22.8. The number of carbonyl (C=O) groups is 3. The summed E-state index contributed by atoms with van der Waals surface area (Å²) >= 11 is 0. The molecule has 0 spiro atoms. The van der Waals surface area contributed by atoms with Crippen molar-refractivity contribution in [3.63, 3.8) is 0 Å². The van der Waals surface area contributed by atoms with Gasteiger partial charge in [0.1, 0.15) is 29.3 Å². The minimum atomic E-state index is -0.913. The van der Waals surface area contributed by atoms with Gasteiger partial charge in [0.15, 0.2) is 0 Å². The molecular formula is C36H44FN5O5. The van der Waals surface area contributed by atoms with Gasteiger partial charge in [-0.3, -0.25) is 14.4 Å². The Morgan fingerprint density at radius 1 is 0.979 bits per heavy atom. The van der Waals surface area contributed by atoms with E-state index >= 15 is 0 Å². The first kappa shape index (κ1) is 34.0. The van der Waals surface area contributed by atoms with Gasteiger partial charge in [-0.1, -0.05) is 55.8 Å². The normalized spacial score (nSPS) is 18.1. The Labute approximate surface area is 275 Å². The zero-order chi connectivity index (χ0) is 33.2. The van der Waals surface area contributed by atoms with Crippen LogP contribution in [0.5, 0.6) is 5.75 Å². The van der Waals surface area contributed by atoms with Gasteiger partial charge in [-0.05, 0) is 60.4 Å². The van der Waals surface area contributed by atoms with Crippen molar-refractivity contribution < 1.29 is 28.2 Å². The number of methoxy groups -OCH3 is 1. The summed E-state index contributed by atoms with van der Waals surface area (Å²) in [5, 5.41) is 12.4. The molecule has 3 aromatic carbocycles. The largest absolute Gasteiger partial charge is 0.497 e.